The van der Waals surface area contributed by atoms with E-state index in [2.05, 4.69) is 10.6 Å². The molecule has 0 aliphatic heterocycles. The molecule has 0 aromatic heterocycles. The van der Waals surface area contributed by atoms with Crippen LogP contribution in [-0.2, 0) is 4.79 Å². The van der Waals surface area contributed by atoms with E-state index in [9.17, 15) is 9.18 Å². The van der Waals surface area contributed by atoms with Crippen molar-refractivity contribution in [3.8, 4) is 0 Å². The van der Waals surface area contributed by atoms with Gasteiger partial charge in [0.25, 0.3) is 0 Å². The Bertz CT molecular complexity index is 599. The second kappa shape index (κ2) is 6.70. The molecule has 2 rings (SSSR count). The fraction of sp³-hybridized carbons (Fsp3) is 0.188. The predicted molar refractivity (Wildman–Crippen MR) is 79.3 cm³/mol. The zero-order valence-electron chi connectivity index (χ0n) is 11.3. The third kappa shape index (κ3) is 3.82. The lowest BCUT2D eigenvalue weighted by Gasteiger charge is -2.09. The molecule has 0 aliphatic carbocycles. The van der Waals surface area contributed by atoms with Gasteiger partial charge in [-0.3, -0.25) is 4.79 Å². The standard InChI is InChI=1S/C16H17FN2O/c1-12-6-2-4-8-14(12)18-11-10-16(20)19-15-9-5-3-7-13(15)17/h2-9,18H,10-11H2,1H3,(H,19,20). The third-order valence-corrected chi connectivity index (χ3v) is 2.96. The number of nitrogens with one attached hydrogen (secondary N) is 2. The van der Waals surface area contributed by atoms with Gasteiger partial charge < -0.3 is 10.6 Å². The van der Waals surface area contributed by atoms with Crippen LogP contribution < -0.4 is 10.6 Å². The topological polar surface area (TPSA) is 41.1 Å². The van der Waals surface area contributed by atoms with Crippen LogP contribution in [0.4, 0.5) is 15.8 Å². The average molecular weight is 272 g/mol. The first kappa shape index (κ1) is 14.1. The van der Waals surface area contributed by atoms with Crippen molar-refractivity contribution in [1.29, 1.82) is 0 Å². The van der Waals surface area contributed by atoms with Crippen molar-refractivity contribution in [2.75, 3.05) is 17.2 Å². The molecule has 2 aromatic carbocycles. The van der Waals surface area contributed by atoms with E-state index < -0.39 is 5.82 Å². The molecule has 0 fully saturated rings. The Morgan fingerprint density at radius 1 is 1.05 bits per heavy atom. The molecule has 0 bridgehead atoms. The number of amides is 1. The molecule has 2 aromatic rings. The van der Waals surface area contributed by atoms with Gasteiger partial charge in [0.2, 0.25) is 5.91 Å². The summed E-state index contributed by atoms with van der Waals surface area (Å²) >= 11 is 0. The monoisotopic (exact) mass is 272 g/mol. The number of halogens is 1. The van der Waals surface area contributed by atoms with E-state index in [1.165, 1.54) is 6.07 Å². The molecular weight excluding hydrogens is 255 g/mol. The number of rotatable bonds is 5. The molecule has 0 saturated heterocycles. The zero-order chi connectivity index (χ0) is 14.4. The molecule has 0 unspecified atom stereocenters. The lowest BCUT2D eigenvalue weighted by Crippen LogP contribution is -2.17. The maximum atomic E-state index is 13.4. The molecule has 0 heterocycles. The highest BCUT2D eigenvalue weighted by molar-refractivity contribution is 5.91. The van der Waals surface area contributed by atoms with Crippen LogP contribution >= 0.6 is 0 Å². The van der Waals surface area contributed by atoms with Crippen molar-refractivity contribution in [2.45, 2.75) is 13.3 Å². The third-order valence-electron chi connectivity index (χ3n) is 2.96. The molecule has 0 saturated carbocycles. The van der Waals surface area contributed by atoms with E-state index in [-0.39, 0.29) is 18.0 Å². The number of benzene rings is 2. The van der Waals surface area contributed by atoms with Crippen molar-refractivity contribution >= 4 is 17.3 Å². The van der Waals surface area contributed by atoms with Crippen LogP contribution in [0.1, 0.15) is 12.0 Å². The summed E-state index contributed by atoms with van der Waals surface area (Å²) in [5.41, 5.74) is 2.35. The van der Waals surface area contributed by atoms with Crippen LogP contribution in [0, 0.1) is 12.7 Å². The van der Waals surface area contributed by atoms with Crippen LogP contribution in [0.25, 0.3) is 0 Å². The summed E-state index contributed by atoms with van der Waals surface area (Å²) in [6.45, 7) is 2.51. The van der Waals surface area contributed by atoms with E-state index in [1.807, 2.05) is 31.2 Å². The van der Waals surface area contributed by atoms with Gasteiger partial charge in [-0.2, -0.15) is 0 Å². The van der Waals surface area contributed by atoms with Crippen molar-refractivity contribution in [2.24, 2.45) is 0 Å². The highest BCUT2D eigenvalue weighted by atomic mass is 19.1. The van der Waals surface area contributed by atoms with Crippen LogP contribution in [0.3, 0.4) is 0 Å². The van der Waals surface area contributed by atoms with Crippen molar-refractivity contribution in [3.05, 3.63) is 59.9 Å². The number of hydrogen-bond acceptors (Lipinski definition) is 2. The normalized spacial score (nSPS) is 10.1. The molecule has 20 heavy (non-hydrogen) atoms. The molecule has 3 nitrogen and oxygen atoms in total. The van der Waals surface area contributed by atoms with Gasteiger partial charge in [-0.1, -0.05) is 30.3 Å². The SMILES string of the molecule is Cc1ccccc1NCCC(=O)Nc1ccccc1F. The van der Waals surface area contributed by atoms with Gasteiger partial charge in [-0.15, -0.1) is 0 Å². The van der Waals surface area contributed by atoms with Crippen molar-refractivity contribution < 1.29 is 9.18 Å². The molecular formula is C16H17FN2O. The quantitative estimate of drug-likeness (QED) is 0.873. The van der Waals surface area contributed by atoms with Crippen LogP contribution in [0.5, 0.6) is 0 Å². The van der Waals surface area contributed by atoms with Gasteiger partial charge in [0.05, 0.1) is 5.69 Å². The smallest absolute Gasteiger partial charge is 0.226 e. The van der Waals surface area contributed by atoms with Gasteiger partial charge in [-0.25, -0.2) is 4.39 Å². The Morgan fingerprint density at radius 3 is 2.40 bits per heavy atom. The highest BCUT2D eigenvalue weighted by Gasteiger charge is 2.06. The average Bonchev–Trinajstić information content (AvgIpc) is 2.43. The number of carbonyl (C=O) groups is 1. The molecule has 4 heteroatoms. The second-order valence-electron chi connectivity index (χ2n) is 4.52. The van der Waals surface area contributed by atoms with E-state index in [1.54, 1.807) is 18.2 Å². The Morgan fingerprint density at radius 2 is 1.70 bits per heavy atom. The van der Waals surface area contributed by atoms with Crippen LogP contribution in [-0.4, -0.2) is 12.5 Å². The Balaban J connectivity index is 1.82. The summed E-state index contributed by atoms with van der Waals surface area (Å²) in [5.74, 6) is -0.635. The highest BCUT2D eigenvalue weighted by Crippen LogP contribution is 2.14. The molecule has 0 atom stereocenters. The number of hydrogen-bond donors (Lipinski definition) is 2. The molecule has 2 N–H and O–H groups in total. The fourth-order valence-corrected chi connectivity index (χ4v) is 1.86. The number of aryl methyl sites for hydroxylation is 1. The summed E-state index contributed by atoms with van der Waals surface area (Å²) in [4.78, 5) is 11.7. The Kier molecular flexibility index (Phi) is 4.71. The summed E-state index contributed by atoms with van der Waals surface area (Å²) in [5, 5.41) is 5.75. The van der Waals surface area contributed by atoms with E-state index in [0.29, 0.717) is 6.54 Å². The first-order valence-corrected chi connectivity index (χ1v) is 6.50. The number of para-hydroxylation sites is 2. The maximum Gasteiger partial charge on any atom is 0.226 e. The Hall–Kier alpha value is -2.36. The van der Waals surface area contributed by atoms with Gasteiger partial charge in [0.15, 0.2) is 0 Å². The van der Waals surface area contributed by atoms with Crippen molar-refractivity contribution in [1.82, 2.24) is 0 Å². The van der Waals surface area contributed by atoms with Crippen LogP contribution in [0.15, 0.2) is 48.5 Å². The molecule has 104 valence electrons. The van der Waals surface area contributed by atoms with Gasteiger partial charge in [0, 0.05) is 18.7 Å². The zero-order valence-corrected chi connectivity index (χ0v) is 11.3. The van der Waals surface area contributed by atoms with Crippen molar-refractivity contribution in [3.63, 3.8) is 0 Å². The van der Waals surface area contributed by atoms with Gasteiger partial charge >= 0.3 is 0 Å². The summed E-state index contributed by atoms with van der Waals surface area (Å²) in [6, 6.07) is 14.0. The number of carbonyl (C=O) groups excluding carboxylic acids is 1. The minimum Gasteiger partial charge on any atom is -0.384 e. The minimum atomic E-state index is -0.423. The first-order chi connectivity index (χ1) is 9.66. The van der Waals surface area contributed by atoms with Gasteiger partial charge in [0.1, 0.15) is 5.82 Å². The minimum absolute atomic E-state index is 0.212. The predicted octanol–water partition coefficient (Wildman–Crippen LogP) is 3.57. The summed E-state index contributed by atoms with van der Waals surface area (Å²) < 4.78 is 13.4. The van der Waals surface area contributed by atoms with Crippen LogP contribution in [0.2, 0.25) is 0 Å². The molecule has 0 aliphatic rings. The maximum absolute atomic E-state index is 13.4. The second-order valence-corrected chi connectivity index (χ2v) is 4.52. The van der Waals surface area contributed by atoms with Gasteiger partial charge in [-0.05, 0) is 30.7 Å². The number of anilines is 2. The molecule has 1 amide bonds. The molecule has 0 spiro atoms. The summed E-state index contributed by atoms with van der Waals surface area (Å²) in [7, 11) is 0. The fourth-order valence-electron chi connectivity index (χ4n) is 1.86. The largest absolute Gasteiger partial charge is 0.384 e. The van der Waals surface area contributed by atoms with E-state index >= 15 is 0 Å². The van der Waals surface area contributed by atoms with E-state index in [4.69, 9.17) is 0 Å². The first-order valence-electron chi connectivity index (χ1n) is 6.50. The lowest BCUT2D eigenvalue weighted by atomic mass is 10.2. The van der Waals surface area contributed by atoms with E-state index in [0.717, 1.165) is 11.3 Å². The Labute approximate surface area is 117 Å². The lowest BCUT2D eigenvalue weighted by molar-refractivity contribution is -0.116. The summed E-state index contributed by atoms with van der Waals surface area (Å²) in [6.07, 6.45) is 0.280. The molecule has 0 radical (unpaired) electrons.